The third-order valence-corrected chi connectivity index (χ3v) is 10.3. The normalized spacial score (nSPS) is 17.0. The Labute approximate surface area is 308 Å². The van der Waals surface area contributed by atoms with E-state index in [9.17, 15) is 19.5 Å². The van der Waals surface area contributed by atoms with Crippen molar-refractivity contribution >= 4 is 28.7 Å². The van der Waals surface area contributed by atoms with Crippen LogP contribution in [-0.4, -0.2) is 92.0 Å². The van der Waals surface area contributed by atoms with Crippen LogP contribution in [0.2, 0.25) is 0 Å². The SMILES string of the molecule is Cn1c(=O)n(C2CCC(=O)NC2=O)c2cccc(CCCOCCCN3CCN(Cc4ccc(-c5cc(-c6ccccc6O)nnc5N)cc4)CC3)c21. The van der Waals surface area contributed by atoms with Crippen LogP contribution >= 0.6 is 0 Å². The summed E-state index contributed by atoms with van der Waals surface area (Å²) in [5.41, 5.74) is 12.7. The van der Waals surface area contributed by atoms with Crippen molar-refractivity contribution in [3.8, 4) is 28.1 Å². The van der Waals surface area contributed by atoms with Crippen LogP contribution in [0.5, 0.6) is 5.75 Å². The second-order valence-electron chi connectivity index (χ2n) is 13.9. The summed E-state index contributed by atoms with van der Waals surface area (Å²) in [7, 11) is 1.74. The first-order chi connectivity index (χ1) is 25.8. The number of amides is 2. The van der Waals surface area contributed by atoms with E-state index in [2.05, 4.69) is 49.6 Å². The molecule has 0 saturated carbocycles. The van der Waals surface area contributed by atoms with Crippen LogP contribution in [0, 0.1) is 0 Å². The quantitative estimate of drug-likeness (QED) is 0.120. The highest BCUT2D eigenvalue weighted by atomic mass is 16.5. The predicted molar refractivity (Wildman–Crippen MR) is 203 cm³/mol. The van der Waals surface area contributed by atoms with Gasteiger partial charge in [-0.1, -0.05) is 48.5 Å². The molecule has 7 rings (SSSR count). The van der Waals surface area contributed by atoms with Crippen LogP contribution < -0.4 is 16.7 Å². The van der Waals surface area contributed by atoms with Crippen molar-refractivity contribution in [2.75, 3.05) is 51.7 Å². The van der Waals surface area contributed by atoms with Crippen molar-refractivity contribution in [2.45, 2.75) is 44.7 Å². The lowest BCUT2D eigenvalue weighted by Gasteiger charge is -2.34. The smallest absolute Gasteiger partial charge is 0.329 e. The topological polar surface area (TPSA) is 161 Å². The average molecular weight is 719 g/mol. The maximum Gasteiger partial charge on any atom is 0.329 e. The molecule has 2 aromatic heterocycles. The van der Waals surface area contributed by atoms with Gasteiger partial charge in [-0.05, 0) is 66.6 Å². The molecular weight excluding hydrogens is 672 g/mol. The number of nitrogen functional groups attached to an aromatic ring is 1. The number of ether oxygens (including phenoxy) is 1. The largest absolute Gasteiger partial charge is 0.507 e. The molecule has 1 atom stereocenters. The van der Waals surface area contributed by atoms with Gasteiger partial charge < -0.3 is 20.5 Å². The second kappa shape index (κ2) is 16.1. The van der Waals surface area contributed by atoms with Gasteiger partial charge >= 0.3 is 5.69 Å². The Morgan fingerprint density at radius 1 is 0.887 bits per heavy atom. The molecular formula is C40H46N8O5. The summed E-state index contributed by atoms with van der Waals surface area (Å²) in [6, 6.07) is 22.5. The zero-order valence-corrected chi connectivity index (χ0v) is 30.0. The molecule has 0 radical (unpaired) electrons. The highest BCUT2D eigenvalue weighted by Gasteiger charge is 2.31. The fraction of sp³-hybridized carbons (Fsp3) is 0.375. The number of fused-ring (bicyclic) bond motifs is 1. The van der Waals surface area contributed by atoms with Gasteiger partial charge in [-0.25, -0.2) is 4.79 Å². The van der Waals surface area contributed by atoms with Gasteiger partial charge in [-0.2, -0.15) is 0 Å². The molecule has 276 valence electrons. The summed E-state index contributed by atoms with van der Waals surface area (Å²) in [6.07, 6.45) is 3.09. The lowest BCUT2D eigenvalue weighted by Crippen LogP contribution is -2.46. The Balaban J connectivity index is 0.824. The molecule has 2 aliphatic rings. The van der Waals surface area contributed by atoms with Gasteiger partial charge in [0.05, 0.1) is 16.7 Å². The molecule has 2 amide bonds. The number of aryl methyl sites for hydroxylation is 2. The van der Waals surface area contributed by atoms with Gasteiger partial charge in [0, 0.05) is 77.1 Å². The molecule has 3 aromatic carbocycles. The van der Waals surface area contributed by atoms with Crippen molar-refractivity contribution < 1.29 is 19.4 Å². The molecule has 0 aliphatic carbocycles. The van der Waals surface area contributed by atoms with E-state index in [1.165, 1.54) is 10.1 Å². The number of phenols is 1. The number of imidazole rings is 1. The number of anilines is 1. The van der Waals surface area contributed by atoms with Gasteiger partial charge in [0.2, 0.25) is 11.8 Å². The molecule has 2 aliphatic heterocycles. The van der Waals surface area contributed by atoms with Crippen molar-refractivity contribution in [3.05, 3.63) is 94.4 Å². The number of carbonyl (C=O) groups excluding carboxylic acids is 2. The van der Waals surface area contributed by atoms with Gasteiger partial charge in [0.15, 0.2) is 5.82 Å². The third kappa shape index (κ3) is 8.02. The van der Waals surface area contributed by atoms with Gasteiger partial charge in [-0.15, -0.1) is 10.2 Å². The Kier molecular flexibility index (Phi) is 10.9. The van der Waals surface area contributed by atoms with E-state index in [0.717, 1.165) is 80.7 Å². The summed E-state index contributed by atoms with van der Waals surface area (Å²) in [6.45, 7) is 7.27. The van der Waals surface area contributed by atoms with Crippen LogP contribution in [0.3, 0.4) is 0 Å². The number of nitrogens with zero attached hydrogens (tertiary/aromatic N) is 6. The summed E-state index contributed by atoms with van der Waals surface area (Å²) < 4.78 is 9.14. The van der Waals surface area contributed by atoms with E-state index >= 15 is 0 Å². The Morgan fingerprint density at radius 2 is 1.64 bits per heavy atom. The molecule has 0 bridgehead atoms. The number of phenolic OH excluding ortho intramolecular Hbond substituents is 1. The van der Waals surface area contributed by atoms with E-state index in [-0.39, 0.29) is 23.8 Å². The first kappa shape index (κ1) is 36.0. The molecule has 2 saturated heterocycles. The monoisotopic (exact) mass is 718 g/mol. The number of aromatic hydroxyl groups is 1. The fourth-order valence-electron chi connectivity index (χ4n) is 7.48. The average Bonchev–Trinajstić information content (AvgIpc) is 3.42. The van der Waals surface area contributed by atoms with Gasteiger partial charge in [0.25, 0.3) is 0 Å². The Morgan fingerprint density at radius 3 is 2.42 bits per heavy atom. The number of carbonyl (C=O) groups is 2. The lowest BCUT2D eigenvalue weighted by molar-refractivity contribution is -0.135. The number of aromatic nitrogens is 4. The number of hydrogen-bond acceptors (Lipinski definition) is 10. The van der Waals surface area contributed by atoms with Crippen LogP contribution in [0.15, 0.2) is 77.6 Å². The first-order valence-electron chi connectivity index (χ1n) is 18.3. The number of benzene rings is 3. The highest BCUT2D eigenvalue weighted by Crippen LogP contribution is 2.32. The van der Waals surface area contributed by atoms with E-state index in [1.54, 1.807) is 23.7 Å². The molecule has 5 aromatic rings. The van der Waals surface area contributed by atoms with Gasteiger partial charge in [0.1, 0.15) is 11.8 Å². The molecule has 1 unspecified atom stereocenters. The number of nitrogens with one attached hydrogen (secondary N) is 1. The Bertz CT molecular complexity index is 2150. The van der Waals surface area contributed by atoms with Crippen LogP contribution in [0.25, 0.3) is 33.4 Å². The van der Waals surface area contributed by atoms with E-state index in [4.69, 9.17) is 10.5 Å². The standard InChI is InChI=1S/C40H46N8O5/c1-45-37-29(7-4-10-33(37)48(40(45)52)34-16-17-36(50)42-39(34)51)8-5-23-53-24-6-18-46-19-21-47(22-20-46)26-27-12-14-28(15-13-27)31-25-32(43-44-38(31)41)30-9-2-3-11-35(30)49/h2-4,7,9-15,25,34,49H,5-6,8,16-24,26H2,1H3,(H2,41,44)(H,42,50,51). The Hall–Kier alpha value is -5.37. The zero-order chi connectivity index (χ0) is 36.9. The number of imide groups is 1. The molecule has 4 N–H and O–H groups in total. The maximum atomic E-state index is 13.2. The summed E-state index contributed by atoms with van der Waals surface area (Å²) in [4.78, 5) is 42.4. The predicted octanol–water partition coefficient (Wildman–Crippen LogP) is 3.89. The number of rotatable bonds is 13. The van der Waals surface area contributed by atoms with E-state index in [1.807, 2.05) is 36.4 Å². The molecule has 0 spiro atoms. The first-order valence-corrected chi connectivity index (χ1v) is 18.3. The lowest BCUT2D eigenvalue weighted by atomic mass is 10.0. The van der Waals surface area contributed by atoms with Crippen molar-refractivity contribution in [1.29, 1.82) is 0 Å². The van der Waals surface area contributed by atoms with Crippen molar-refractivity contribution in [1.82, 2.24) is 34.4 Å². The van der Waals surface area contributed by atoms with Crippen molar-refractivity contribution in [2.24, 2.45) is 7.05 Å². The van der Waals surface area contributed by atoms with Crippen LogP contribution in [0.4, 0.5) is 5.82 Å². The highest BCUT2D eigenvalue weighted by molar-refractivity contribution is 6.00. The van der Waals surface area contributed by atoms with Gasteiger partial charge in [-0.3, -0.25) is 28.9 Å². The minimum atomic E-state index is -0.686. The summed E-state index contributed by atoms with van der Waals surface area (Å²) >= 11 is 0. The van der Waals surface area contributed by atoms with Crippen molar-refractivity contribution in [3.63, 3.8) is 0 Å². The fourth-order valence-corrected chi connectivity index (χ4v) is 7.48. The molecule has 4 heterocycles. The maximum absolute atomic E-state index is 13.2. The number of piperazine rings is 1. The minimum Gasteiger partial charge on any atom is -0.507 e. The molecule has 13 heteroatoms. The number of nitrogens with two attached hydrogens (primary N) is 1. The number of piperidine rings is 1. The minimum absolute atomic E-state index is 0.151. The van der Waals surface area contributed by atoms with Crippen LogP contribution in [-0.2, 0) is 34.3 Å². The van der Waals surface area contributed by atoms with E-state index in [0.29, 0.717) is 42.2 Å². The van der Waals surface area contributed by atoms with Crippen LogP contribution in [0.1, 0.15) is 42.9 Å². The summed E-state index contributed by atoms with van der Waals surface area (Å²) in [5.74, 6) is -0.222. The van der Waals surface area contributed by atoms with E-state index < -0.39 is 11.9 Å². The molecule has 2 fully saturated rings. The third-order valence-electron chi connectivity index (χ3n) is 10.3. The number of hydrogen-bond donors (Lipinski definition) is 3. The molecule has 53 heavy (non-hydrogen) atoms. The second-order valence-corrected chi connectivity index (χ2v) is 13.9. The summed E-state index contributed by atoms with van der Waals surface area (Å²) in [5, 5.41) is 21.0. The molecule has 13 nitrogen and oxygen atoms in total. The number of para-hydroxylation sites is 2. The zero-order valence-electron chi connectivity index (χ0n) is 30.0.